The molecule has 0 radical (unpaired) electrons. The second-order valence-corrected chi connectivity index (χ2v) is 7.20. The van der Waals surface area contributed by atoms with Gasteiger partial charge in [-0.1, -0.05) is 25.1 Å². The number of benzene rings is 1. The molecule has 2 saturated heterocycles. The van der Waals surface area contributed by atoms with Gasteiger partial charge in [-0.15, -0.1) is 0 Å². The Morgan fingerprint density at radius 1 is 1.14 bits per heavy atom. The van der Waals surface area contributed by atoms with Crippen molar-refractivity contribution in [2.45, 2.75) is 26.2 Å². The number of anilines is 2. The summed E-state index contributed by atoms with van der Waals surface area (Å²) in [5.41, 5.74) is 1.66. The van der Waals surface area contributed by atoms with Gasteiger partial charge in [0, 0.05) is 19.2 Å². The summed E-state index contributed by atoms with van der Waals surface area (Å²) < 4.78 is 5.85. The highest BCUT2D eigenvalue weighted by Crippen LogP contribution is 2.28. The molecule has 0 atom stereocenters. The first kappa shape index (κ1) is 18.4. The number of thiocarbonyl (C=S) groups is 1. The number of amides is 2. The molecule has 144 valence electrons. The van der Waals surface area contributed by atoms with E-state index in [9.17, 15) is 9.59 Å². The lowest BCUT2D eigenvalue weighted by molar-refractivity contribution is -0.122. The van der Waals surface area contributed by atoms with Gasteiger partial charge in [-0.2, -0.15) is 0 Å². The van der Waals surface area contributed by atoms with Crippen LogP contribution in [-0.4, -0.2) is 30.0 Å². The van der Waals surface area contributed by atoms with Crippen molar-refractivity contribution < 1.29 is 14.0 Å². The van der Waals surface area contributed by atoms with Gasteiger partial charge < -0.3 is 9.32 Å². The van der Waals surface area contributed by atoms with Crippen molar-refractivity contribution in [3.05, 3.63) is 53.3 Å². The summed E-state index contributed by atoms with van der Waals surface area (Å²) in [5.74, 6) is 0.266. The molecule has 1 aromatic heterocycles. The molecule has 2 aliphatic rings. The van der Waals surface area contributed by atoms with Gasteiger partial charge in [0.25, 0.3) is 11.8 Å². The quantitative estimate of drug-likeness (QED) is 0.489. The normalized spacial score (nSPS) is 18.9. The molecule has 0 spiro atoms. The summed E-state index contributed by atoms with van der Waals surface area (Å²) in [6, 6.07) is 11.2. The topological polar surface area (TPSA) is 65.8 Å². The summed E-state index contributed by atoms with van der Waals surface area (Å²) in [5, 5.41) is 2.71. The molecule has 0 bridgehead atoms. The van der Waals surface area contributed by atoms with Crippen LogP contribution < -0.4 is 15.1 Å². The van der Waals surface area contributed by atoms with E-state index in [0.29, 0.717) is 11.4 Å². The Hall–Kier alpha value is -2.93. The van der Waals surface area contributed by atoms with Crippen LogP contribution in [0.4, 0.5) is 11.6 Å². The molecule has 28 heavy (non-hydrogen) atoms. The molecule has 7 heteroatoms. The van der Waals surface area contributed by atoms with Gasteiger partial charge in [0.1, 0.15) is 11.3 Å². The van der Waals surface area contributed by atoms with Gasteiger partial charge in [0.15, 0.2) is 11.0 Å². The number of aryl methyl sites for hydroxylation is 1. The number of hydrogen-bond acceptors (Lipinski definition) is 5. The van der Waals surface area contributed by atoms with Crippen molar-refractivity contribution in [2.24, 2.45) is 0 Å². The molecule has 2 aromatic rings. The maximum Gasteiger partial charge on any atom is 0.270 e. The van der Waals surface area contributed by atoms with E-state index in [2.05, 4.69) is 10.2 Å². The third-order valence-electron chi connectivity index (χ3n) is 5.03. The van der Waals surface area contributed by atoms with Crippen molar-refractivity contribution in [2.75, 3.05) is 22.9 Å². The van der Waals surface area contributed by atoms with Crippen LogP contribution in [0.3, 0.4) is 0 Å². The van der Waals surface area contributed by atoms with Crippen molar-refractivity contribution >= 4 is 46.8 Å². The average molecular weight is 395 g/mol. The molecule has 4 rings (SSSR count). The van der Waals surface area contributed by atoms with Gasteiger partial charge in [0.05, 0.1) is 5.69 Å². The maximum absolute atomic E-state index is 13.1. The third kappa shape index (κ3) is 3.33. The highest BCUT2D eigenvalue weighted by atomic mass is 32.1. The molecule has 2 amide bonds. The molecule has 1 aromatic carbocycles. The number of nitrogens with one attached hydrogen (secondary N) is 1. The van der Waals surface area contributed by atoms with E-state index in [0.717, 1.165) is 43.8 Å². The maximum atomic E-state index is 13.1. The van der Waals surface area contributed by atoms with Crippen molar-refractivity contribution in [3.8, 4) is 0 Å². The molecule has 6 nitrogen and oxygen atoms in total. The van der Waals surface area contributed by atoms with Gasteiger partial charge in [-0.25, -0.2) is 0 Å². The largest absolute Gasteiger partial charge is 0.441 e. The summed E-state index contributed by atoms with van der Waals surface area (Å²) >= 11 is 5.28. The van der Waals surface area contributed by atoms with E-state index in [1.807, 2.05) is 37.3 Å². The van der Waals surface area contributed by atoms with E-state index in [-0.39, 0.29) is 10.7 Å². The van der Waals surface area contributed by atoms with E-state index in [1.54, 1.807) is 6.07 Å². The zero-order chi connectivity index (χ0) is 19.7. The van der Waals surface area contributed by atoms with Gasteiger partial charge in [0.2, 0.25) is 0 Å². The summed E-state index contributed by atoms with van der Waals surface area (Å²) in [4.78, 5) is 29.1. The molecular formula is C21H21N3O3S. The summed E-state index contributed by atoms with van der Waals surface area (Å²) in [6.45, 7) is 3.92. The van der Waals surface area contributed by atoms with Crippen LogP contribution >= 0.6 is 12.2 Å². The number of furan rings is 1. The lowest BCUT2D eigenvalue weighted by Crippen LogP contribution is -2.54. The fraction of sp³-hybridized carbons (Fsp3) is 0.286. The lowest BCUT2D eigenvalue weighted by Gasteiger charge is -2.30. The highest BCUT2D eigenvalue weighted by molar-refractivity contribution is 7.80. The van der Waals surface area contributed by atoms with Crippen molar-refractivity contribution in [1.29, 1.82) is 0 Å². The van der Waals surface area contributed by atoms with Crippen molar-refractivity contribution in [3.63, 3.8) is 0 Å². The fourth-order valence-electron chi connectivity index (χ4n) is 3.57. The third-order valence-corrected chi connectivity index (χ3v) is 5.32. The van der Waals surface area contributed by atoms with Crippen LogP contribution in [0.25, 0.3) is 6.08 Å². The monoisotopic (exact) mass is 395 g/mol. The fourth-order valence-corrected chi connectivity index (χ4v) is 3.85. The number of hydrogen-bond donors (Lipinski definition) is 1. The Morgan fingerprint density at radius 3 is 2.64 bits per heavy atom. The van der Waals surface area contributed by atoms with Crippen LogP contribution in [-0.2, 0) is 16.0 Å². The summed E-state index contributed by atoms with van der Waals surface area (Å²) in [7, 11) is 0. The molecule has 2 aliphatic heterocycles. The molecule has 0 saturated carbocycles. The Balaban J connectivity index is 1.67. The molecule has 2 fully saturated rings. The minimum absolute atomic E-state index is 0.00169. The average Bonchev–Trinajstić information content (AvgIpc) is 3.37. The minimum atomic E-state index is -0.514. The Bertz CT molecular complexity index is 973. The number of carbonyl (C=O) groups excluding carboxylic acids is 2. The van der Waals surface area contributed by atoms with Crippen LogP contribution in [0.15, 0.2) is 46.4 Å². The first-order valence-corrected chi connectivity index (χ1v) is 9.83. The molecule has 3 heterocycles. The van der Waals surface area contributed by atoms with E-state index < -0.39 is 11.8 Å². The molecular weight excluding hydrogens is 374 g/mol. The Kier molecular flexibility index (Phi) is 5.00. The second-order valence-electron chi connectivity index (χ2n) is 6.81. The smallest absolute Gasteiger partial charge is 0.270 e. The lowest BCUT2D eigenvalue weighted by atomic mass is 10.1. The zero-order valence-electron chi connectivity index (χ0n) is 15.6. The van der Waals surface area contributed by atoms with E-state index in [1.165, 1.54) is 11.0 Å². The number of para-hydroxylation sites is 1. The van der Waals surface area contributed by atoms with Gasteiger partial charge in [-0.3, -0.25) is 19.8 Å². The number of carbonyl (C=O) groups is 2. The predicted molar refractivity (Wildman–Crippen MR) is 112 cm³/mol. The Labute approximate surface area is 168 Å². The SMILES string of the molecule is CCc1ccccc1N1C(=O)/C(=C/c2ccc(N3CCCC3)o2)C(=O)NC1=S. The molecule has 0 unspecified atom stereocenters. The zero-order valence-corrected chi connectivity index (χ0v) is 16.4. The number of nitrogens with zero attached hydrogens (tertiary/aromatic N) is 2. The van der Waals surface area contributed by atoms with Gasteiger partial charge in [-0.05, 0) is 55.3 Å². The highest BCUT2D eigenvalue weighted by Gasteiger charge is 2.35. The standard InChI is InChI=1S/C21H21N3O3S/c1-2-14-7-3-4-8-17(14)24-20(26)16(19(25)22-21(24)28)13-15-9-10-18(27-15)23-11-5-6-12-23/h3-4,7-10,13H,2,5-6,11-12H2,1H3,(H,22,25,28)/b16-13+. The minimum Gasteiger partial charge on any atom is -0.441 e. The first-order chi connectivity index (χ1) is 13.6. The van der Waals surface area contributed by atoms with E-state index in [4.69, 9.17) is 16.6 Å². The van der Waals surface area contributed by atoms with Crippen LogP contribution in [0.1, 0.15) is 31.1 Å². The number of rotatable bonds is 4. The van der Waals surface area contributed by atoms with E-state index >= 15 is 0 Å². The Morgan fingerprint density at radius 2 is 1.89 bits per heavy atom. The molecule has 0 aliphatic carbocycles. The van der Waals surface area contributed by atoms with Crippen LogP contribution in [0, 0.1) is 0 Å². The van der Waals surface area contributed by atoms with Crippen LogP contribution in [0.5, 0.6) is 0 Å². The molecule has 1 N–H and O–H groups in total. The van der Waals surface area contributed by atoms with Crippen LogP contribution in [0.2, 0.25) is 0 Å². The first-order valence-electron chi connectivity index (χ1n) is 9.42. The second kappa shape index (κ2) is 7.59. The predicted octanol–water partition coefficient (Wildman–Crippen LogP) is 3.27. The van der Waals surface area contributed by atoms with Gasteiger partial charge >= 0.3 is 0 Å². The van der Waals surface area contributed by atoms with Crippen molar-refractivity contribution in [1.82, 2.24) is 5.32 Å². The summed E-state index contributed by atoms with van der Waals surface area (Å²) in [6.07, 6.45) is 4.51.